The highest BCUT2D eigenvalue weighted by molar-refractivity contribution is 6.48. The molecule has 0 saturated carbocycles. The number of nitrogens with one attached hydrogen (secondary N) is 2. The molecule has 0 bridgehead atoms. The van der Waals surface area contributed by atoms with Gasteiger partial charge in [-0.05, 0) is 38.0 Å². The number of benzene rings is 1. The Kier molecular flexibility index (Phi) is 7.76. The lowest BCUT2D eigenvalue weighted by molar-refractivity contribution is -0.130. The number of rotatable bonds is 8. The third-order valence-corrected chi connectivity index (χ3v) is 6.38. The van der Waals surface area contributed by atoms with Crippen molar-refractivity contribution in [1.29, 1.82) is 5.41 Å². The quantitative estimate of drug-likeness (QED) is 0.298. The predicted octanol–water partition coefficient (Wildman–Crippen LogP) is 3.94. The molecular formula is C24H25Cl2N7O3. The van der Waals surface area contributed by atoms with Crippen LogP contribution in [-0.4, -0.2) is 50.3 Å². The van der Waals surface area contributed by atoms with Crippen LogP contribution in [0.15, 0.2) is 43.0 Å². The van der Waals surface area contributed by atoms with E-state index >= 15 is 0 Å². The van der Waals surface area contributed by atoms with E-state index < -0.39 is 12.0 Å². The Balaban J connectivity index is 1.42. The fraction of sp³-hybridized carbons (Fsp3) is 0.292. The number of ether oxygens (including phenoxy) is 1. The lowest BCUT2D eigenvalue weighted by Crippen LogP contribution is -2.31. The first-order valence-electron chi connectivity index (χ1n) is 11.3. The van der Waals surface area contributed by atoms with Crippen LogP contribution in [0.1, 0.15) is 37.0 Å². The number of aromatic nitrogens is 3. The average molecular weight is 530 g/mol. The molecule has 188 valence electrons. The van der Waals surface area contributed by atoms with Crippen molar-refractivity contribution in [3.05, 3.63) is 64.2 Å². The second kappa shape index (κ2) is 11.0. The maximum Gasteiger partial charge on any atom is 0.274 e. The predicted molar refractivity (Wildman–Crippen MR) is 138 cm³/mol. The standard InChI is InChI=1S/C24H25Cl2N7O3/c1-14(22-18(25)10-29-11-19(22)26)36-16-4-5-20(27)17(8-16)23(28)24(35)31-15-9-30-33(12-15)13-21(34)32-6-2-3-7-32/h4-5,8-12,14,28H,2-3,6-7,13,27H2,1H3,(H,31,35). The van der Waals surface area contributed by atoms with E-state index in [9.17, 15) is 9.59 Å². The molecule has 1 aliphatic heterocycles. The molecule has 3 aromatic rings. The molecule has 0 spiro atoms. The molecule has 4 rings (SSSR count). The molecule has 12 heteroatoms. The number of halogens is 2. The smallest absolute Gasteiger partial charge is 0.274 e. The Bertz CT molecular complexity index is 1280. The molecule has 1 atom stereocenters. The van der Waals surface area contributed by atoms with E-state index in [-0.39, 0.29) is 29.4 Å². The van der Waals surface area contributed by atoms with Crippen LogP contribution in [0.4, 0.5) is 11.4 Å². The second-order valence-corrected chi connectivity index (χ2v) is 9.18. The molecule has 4 N–H and O–H groups in total. The minimum absolute atomic E-state index is 0.0191. The van der Waals surface area contributed by atoms with Gasteiger partial charge in [-0.1, -0.05) is 23.2 Å². The van der Waals surface area contributed by atoms with Gasteiger partial charge in [-0.3, -0.25) is 24.7 Å². The van der Waals surface area contributed by atoms with E-state index in [0.29, 0.717) is 27.0 Å². The van der Waals surface area contributed by atoms with E-state index in [4.69, 9.17) is 39.1 Å². The zero-order chi connectivity index (χ0) is 25.8. The van der Waals surface area contributed by atoms with Crippen LogP contribution in [0.25, 0.3) is 0 Å². The summed E-state index contributed by atoms with van der Waals surface area (Å²) in [5.74, 6) is -0.326. The molecule has 0 aliphatic carbocycles. The monoisotopic (exact) mass is 529 g/mol. The van der Waals surface area contributed by atoms with E-state index in [1.807, 2.05) is 0 Å². The number of hydrogen-bond donors (Lipinski definition) is 3. The summed E-state index contributed by atoms with van der Waals surface area (Å²) < 4.78 is 7.42. The number of anilines is 2. The number of pyridine rings is 1. The summed E-state index contributed by atoms with van der Waals surface area (Å²) in [4.78, 5) is 30.8. The summed E-state index contributed by atoms with van der Waals surface area (Å²) in [6, 6.07) is 4.69. The zero-order valence-electron chi connectivity index (χ0n) is 19.5. The van der Waals surface area contributed by atoms with Crippen molar-refractivity contribution in [3.63, 3.8) is 0 Å². The fourth-order valence-electron chi connectivity index (χ4n) is 3.93. The van der Waals surface area contributed by atoms with Gasteiger partial charge < -0.3 is 20.7 Å². The molecule has 0 radical (unpaired) electrons. The van der Waals surface area contributed by atoms with E-state index in [1.165, 1.54) is 29.3 Å². The zero-order valence-corrected chi connectivity index (χ0v) is 21.0. The van der Waals surface area contributed by atoms with Crippen LogP contribution < -0.4 is 15.8 Å². The summed E-state index contributed by atoms with van der Waals surface area (Å²) in [6.07, 6.45) is 7.41. The first-order chi connectivity index (χ1) is 17.2. The third-order valence-electron chi connectivity index (χ3n) is 5.78. The Hall–Kier alpha value is -3.63. The van der Waals surface area contributed by atoms with Crippen molar-refractivity contribution in [2.45, 2.75) is 32.4 Å². The van der Waals surface area contributed by atoms with Crippen LogP contribution in [0.3, 0.4) is 0 Å². The number of carbonyl (C=O) groups excluding carboxylic acids is 2. The number of hydrogen-bond acceptors (Lipinski definition) is 7. The maximum atomic E-state index is 12.8. The summed E-state index contributed by atoms with van der Waals surface area (Å²) in [6.45, 7) is 3.37. The van der Waals surface area contributed by atoms with Gasteiger partial charge in [0, 0.05) is 48.5 Å². The SMILES string of the molecule is CC(Oc1ccc(N)c(C(=N)C(=O)Nc2cnn(CC(=O)N3CCCC3)c2)c1)c1c(Cl)cncc1Cl. The van der Waals surface area contributed by atoms with Crippen molar-refractivity contribution < 1.29 is 14.3 Å². The number of likely N-dealkylation sites (tertiary alicyclic amines) is 1. The molecule has 10 nitrogen and oxygen atoms in total. The number of nitrogen functional groups attached to an aromatic ring is 1. The maximum absolute atomic E-state index is 12.8. The first kappa shape index (κ1) is 25.5. The van der Waals surface area contributed by atoms with Gasteiger partial charge in [0.25, 0.3) is 5.91 Å². The summed E-state index contributed by atoms with van der Waals surface area (Å²) >= 11 is 12.4. The number of nitrogens with two attached hydrogens (primary N) is 1. The van der Waals surface area contributed by atoms with Gasteiger partial charge in [-0.2, -0.15) is 5.10 Å². The largest absolute Gasteiger partial charge is 0.486 e. The Morgan fingerprint density at radius 1 is 1.19 bits per heavy atom. The van der Waals surface area contributed by atoms with Crippen LogP contribution >= 0.6 is 23.2 Å². The van der Waals surface area contributed by atoms with E-state index in [1.54, 1.807) is 30.2 Å². The topological polar surface area (TPSA) is 139 Å². The first-order valence-corrected chi connectivity index (χ1v) is 12.0. The van der Waals surface area contributed by atoms with Gasteiger partial charge in [0.05, 0.1) is 21.9 Å². The van der Waals surface area contributed by atoms with Gasteiger partial charge in [-0.25, -0.2) is 0 Å². The highest BCUT2D eigenvalue weighted by Gasteiger charge is 2.21. The van der Waals surface area contributed by atoms with E-state index in [2.05, 4.69) is 15.4 Å². The van der Waals surface area contributed by atoms with E-state index in [0.717, 1.165) is 25.9 Å². The van der Waals surface area contributed by atoms with Crippen LogP contribution in [0, 0.1) is 5.41 Å². The number of nitrogens with zero attached hydrogens (tertiary/aromatic N) is 4. The molecule has 1 fully saturated rings. The normalized spacial score (nSPS) is 13.9. The third kappa shape index (κ3) is 5.77. The minimum atomic E-state index is -0.683. The van der Waals surface area contributed by atoms with Crippen molar-refractivity contribution in [1.82, 2.24) is 19.7 Å². The van der Waals surface area contributed by atoms with Gasteiger partial charge in [0.15, 0.2) is 0 Å². The van der Waals surface area contributed by atoms with Gasteiger partial charge in [0.1, 0.15) is 24.1 Å². The van der Waals surface area contributed by atoms with Crippen LogP contribution in [0.2, 0.25) is 10.0 Å². The molecule has 2 aromatic heterocycles. The second-order valence-electron chi connectivity index (χ2n) is 8.37. The Morgan fingerprint density at radius 3 is 2.58 bits per heavy atom. The van der Waals surface area contributed by atoms with Crippen molar-refractivity contribution in [2.75, 3.05) is 24.1 Å². The average Bonchev–Trinajstić information content (AvgIpc) is 3.52. The number of amides is 2. The number of carbonyl (C=O) groups is 2. The highest BCUT2D eigenvalue weighted by Crippen LogP contribution is 2.33. The minimum Gasteiger partial charge on any atom is -0.486 e. The molecule has 1 saturated heterocycles. The van der Waals surface area contributed by atoms with Crippen LogP contribution in [-0.2, 0) is 16.1 Å². The highest BCUT2D eigenvalue weighted by atomic mass is 35.5. The summed E-state index contributed by atoms with van der Waals surface area (Å²) in [7, 11) is 0. The summed E-state index contributed by atoms with van der Waals surface area (Å²) in [5.41, 5.74) is 7.05. The lowest BCUT2D eigenvalue weighted by Gasteiger charge is -2.18. The molecule has 1 unspecified atom stereocenters. The fourth-order valence-corrected chi connectivity index (χ4v) is 4.61. The molecule has 3 heterocycles. The van der Waals surface area contributed by atoms with Crippen molar-refractivity contribution in [2.24, 2.45) is 0 Å². The summed E-state index contributed by atoms with van der Waals surface area (Å²) in [5, 5.41) is 15.9. The Morgan fingerprint density at radius 2 is 1.89 bits per heavy atom. The van der Waals surface area contributed by atoms with Crippen LogP contribution in [0.5, 0.6) is 5.75 Å². The van der Waals surface area contributed by atoms with Gasteiger partial charge >= 0.3 is 0 Å². The lowest BCUT2D eigenvalue weighted by atomic mass is 10.1. The Labute approximate surface area is 217 Å². The van der Waals surface area contributed by atoms with Gasteiger partial charge in [-0.15, -0.1) is 0 Å². The van der Waals surface area contributed by atoms with Gasteiger partial charge in [0.2, 0.25) is 5.91 Å². The molecule has 1 aliphatic rings. The molecule has 2 amide bonds. The molecule has 1 aromatic carbocycles. The van der Waals surface area contributed by atoms with Crippen molar-refractivity contribution in [3.8, 4) is 5.75 Å². The molecular weight excluding hydrogens is 505 g/mol. The van der Waals surface area contributed by atoms with Crippen molar-refractivity contribution >= 4 is 52.1 Å². The molecule has 36 heavy (non-hydrogen) atoms.